The average Bonchev–Trinajstić information content (AvgIpc) is 3.02. The smallest absolute Gasteiger partial charge is 0.358 e. The molecule has 0 aromatic heterocycles. The first-order valence-electron chi connectivity index (χ1n) is 7.78. The standard InChI is InChI=1S/C18H19NO5/c1-23-18(22)16-17(24-11-12-5-3-2-4-6-12)15(21)9-13-7-8-14(10-20)19(13)16/h2-6,9-10,14-15,21H,7-8,11H2,1H3. The molecule has 0 spiro atoms. The molecular weight excluding hydrogens is 310 g/mol. The zero-order valence-corrected chi connectivity index (χ0v) is 13.3. The molecule has 24 heavy (non-hydrogen) atoms. The highest BCUT2D eigenvalue weighted by Gasteiger charge is 2.41. The number of ether oxygens (including phenoxy) is 2. The fourth-order valence-corrected chi connectivity index (χ4v) is 3.06. The van der Waals surface area contributed by atoms with Crippen LogP contribution in [-0.4, -0.2) is 41.5 Å². The van der Waals surface area contributed by atoms with Crippen molar-refractivity contribution < 1.29 is 24.2 Å². The molecule has 1 N–H and O–H groups in total. The van der Waals surface area contributed by atoms with Crippen LogP contribution in [0.5, 0.6) is 0 Å². The number of aliphatic hydroxyl groups excluding tert-OH is 1. The maximum Gasteiger partial charge on any atom is 0.358 e. The van der Waals surface area contributed by atoms with E-state index in [1.54, 1.807) is 11.0 Å². The van der Waals surface area contributed by atoms with Gasteiger partial charge in [-0.15, -0.1) is 0 Å². The van der Waals surface area contributed by atoms with Crippen LogP contribution in [0.4, 0.5) is 0 Å². The van der Waals surface area contributed by atoms with E-state index >= 15 is 0 Å². The number of hydrogen-bond acceptors (Lipinski definition) is 6. The Labute approximate surface area is 140 Å². The van der Waals surface area contributed by atoms with E-state index in [2.05, 4.69) is 0 Å². The molecule has 6 heteroatoms. The first kappa shape index (κ1) is 16.3. The number of methoxy groups -OCH3 is 1. The first-order valence-corrected chi connectivity index (χ1v) is 7.78. The van der Waals surface area contributed by atoms with Gasteiger partial charge in [0.05, 0.1) is 13.2 Å². The lowest BCUT2D eigenvalue weighted by atomic mass is 10.1. The summed E-state index contributed by atoms with van der Waals surface area (Å²) in [5.41, 5.74) is 1.75. The van der Waals surface area contributed by atoms with Gasteiger partial charge in [-0.2, -0.15) is 0 Å². The number of allylic oxidation sites excluding steroid dienone is 1. The van der Waals surface area contributed by atoms with Crippen LogP contribution in [0.25, 0.3) is 0 Å². The third kappa shape index (κ3) is 2.92. The maximum atomic E-state index is 12.3. The summed E-state index contributed by atoms with van der Waals surface area (Å²) in [6.07, 6.45) is 2.59. The van der Waals surface area contributed by atoms with Crippen LogP contribution in [0.1, 0.15) is 18.4 Å². The van der Waals surface area contributed by atoms with E-state index in [0.717, 1.165) is 17.5 Å². The molecule has 2 heterocycles. The zero-order valence-electron chi connectivity index (χ0n) is 13.3. The molecule has 0 amide bonds. The second-order valence-corrected chi connectivity index (χ2v) is 5.69. The number of esters is 1. The van der Waals surface area contributed by atoms with Gasteiger partial charge in [-0.25, -0.2) is 4.79 Å². The van der Waals surface area contributed by atoms with E-state index in [9.17, 15) is 14.7 Å². The van der Waals surface area contributed by atoms with Crippen molar-refractivity contribution >= 4 is 12.3 Å². The Kier molecular flexibility index (Phi) is 4.66. The summed E-state index contributed by atoms with van der Waals surface area (Å²) in [5.74, 6) is -0.514. The minimum atomic E-state index is -1.04. The van der Waals surface area contributed by atoms with Gasteiger partial charge in [0.15, 0.2) is 11.5 Å². The van der Waals surface area contributed by atoms with Crippen LogP contribution in [0.3, 0.4) is 0 Å². The molecule has 2 unspecified atom stereocenters. The maximum absolute atomic E-state index is 12.3. The van der Waals surface area contributed by atoms with Crippen molar-refractivity contribution in [3.63, 3.8) is 0 Å². The van der Waals surface area contributed by atoms with Gasteiger partial charge in [0.1, 0.15) is 19.0 Å². The van der Waals surface area contributed by atoms with Crippen LogP contribution in [0, 0.1) is 0 Å². The molecule has 0 radical (unpaired) electrons. The van der Waals surface area contributed by atoms with Gasteiger partial charge in [-0.1, -0.05) is 30.3 Å². The van der Waals surface area contributed by atoms with Crippen molar-refractivity contribution in [2.24, 2.45) is 0 Å². The molecule has 2 aliphatic heterocycles. The summed E-state index contributed by atoms with van der Waals surface area (Å²) in [6, 6.07) is 8.98. The fraction of sp³-hybridized carbons (Fsp3) is 0.333. The highest BCUT2D eigenvalue weighted by atomic mass is 16.5. The number of aldehydes is 1. The number of rotatable bonds is 5. The van der Waals surface area contributed by atoms with Crippen LogP contribution in [0.15, 0.2) is 53.6 Å². The number of fused-ring (bicyclic) bond motifs is 1. The average molecular weight is 329 g/mol. The Morgan fingerprint density at radius 1 is 1.38 bits per heavy atom. The molecule has 1 aromatic carbocycles. The van der Waals surface area contributed by atoms with Crippen molar-refractivity contribution in [3.8, 4) is 0 Å². The Morgan fingerprint density at radius 2 is 2.12 bits per heavy atom. The van der Waals surface area contributed by atoms with E-state index in [1.165, 1.54) is 7.11 Å². The monoisotopic (exact) mass is 329 g/mol. The second-order valence-electron chi connectivity index (χ2n) is 5.69. The molecule has 0 saturated carbocycles. The normalized spacial score (nSPS) is 22.8. The molecule has 0 aliphatic carbocycles. The quantitative estimate of drug-likeness (QED) is 0.652. The Morgan fingerprint density at radius 3 is 2.79 bits per heavy atom. The van der Waals surface area contributed by atoms with Crippen molar-refractivity contribution in [3.05, 3.63) is 59.1 Å². The van der Waals surface area contributed by atoms with Crippen molar-refractivity contribution in [2.45, 2.75) is 31.6 Å². The van der Waals surface area contributed by atoms with Gasteiger partial charge in [-0.3, -0.25) is 0 Å². The SMILES string of the molecule is COC(=O)C1=C(OCc2ccccc2)C(O)C=C2CCC(C=O)N21. The van der Waals surface area contributed by atoms with Gasteiger partial charge in [0, 0.05) is 5.70 Å². The minimum Gasteiger partial charge on any atom is -0.488 e. The van der Waals surface area contributed by atoms with E-state index < -0.39 is 18.1 Å². The lowest BCUT2D eigenvalue weighted by molar-refractivity contribution is -0.138. The molecule has 1 saturated heterocycles. The number of hydrogen-bond donors (Lipinski definition) is 1. The molecule has 2 atom stereocenters. The molecule has 126 valence electrons. The van der Waals surface area contributed by atoms with E-state index in [4.69, 9.17) is 9.47 Å². The summed E-state index contributed by atoms with van der Waals surface area (Å²) >= 11 is 0. The van der Waals surface area contributed by atoms with Gasteiger partial charge in [0.25, 0.3) is 0 Å². The second kappa shape index (κ2) is 6.88. The van der Waals surface area contributed by atoms with Gasteiger partial charge >= 0.3 is 5.97 Å². The van der Waals surface area contributed by atoms with E-state index in [0.29, 0.717) is 12.8 Å². The Balaban J connectivity index is 1.94. The van der Waals surface area contributed by atoms with Crippen LogP contribution in [-0.2, 0) is 25.7 Å². The number of aliphatic hydroxyl groups is 1. The fourth-order valence-electron chi connectivity index (χ4n) is 3.06. The number of nitrogens with zero attached hydrogens (tertiary/aromatic N) is 1. The molecule has 1 fully saturated rings. The predicted molar refractivity (Wildman–Crippen MR) is 85.3 cm³/mol. The van der Waals surface area contributed by atoms with Crippen LogP contribution >= 0.6 is 0 Å². The van der Waals surface area contributed by atoms with E-state index in [1.807, 2.05) is 30.3 Å². The summed E-state index contributed by atoms with van der Waals surface area (Å²) in [6.45, 7) is 0.205. The van der Waals surface area contributed by atoms with Crippen molar-refractivity contribution in [2.75, 3.05) is 7.11 Å². The molecule has 1 aromatic rings. The summed E-state index contributed by atoms with van der Waals surface area (Å²) in [7, 11) is 1.26. The first-order chi connectivity index (χ1) is 11.7. The largest absolute Gasteiger partial charge is 0.488 e. The molecule has 6 nitrogen and oxygen atoms in total. The third-order valence-corrected chi connectivity index (χ3v) is 4.20. The van der Waals surface area contributed by atoms with Crippen LogP contribution < -0.4 is 0 Å². The van der Waals surface area contributed by atoms with Crippen molar-refractivity contribution in [1.29, 1.82) is 0 Å². The molecule has 2 aliphatic rings. The zero-order chi connectivity index (χ0) is 17.1. The predicted octanol–water partition coefficient (Wildman–Crippen LogP) is 1.51. The summed E-state index contributed by atoms with van der Waals surface area (Å²) in [5, 5.41) is 10.4. The lowest BCUT2D eigenvalue weighted by Crippen LogP contribution is -2.38. The number of carbonyl (C=O) groups is 2. The highest BCUT2D eigenvalue weighted by molar-refractivity contribution is 5.90. The van der Waals surface area contributed by atoms with E-state index in [-0.39, 0.29) is 18.1 Å². The minimum absolute atomic E-state index is 0.105. The Bertz CT molecular complexity index is 695. The Hall–Kier alpha value is -2.60. The molecular formula is C18H19NO5. The third-order valence-electron chi connectivity index (χ3n) is 4.20. The molecule has 0 bridgehead atoms. The summed E-state index contributed by atoms with van der Waals surface area (Å²) in [4.78, 5) is 25.2. The number of carbonyl (C=O) groups excluding carboxylic acids is 2. The van der Waals surface area contributed by atoms with Gasteiger partial charge in [-0.05, 0) is 24.5 Å². The summed E-state index contributed by atoms with van der Waals surface area (Å²) < 4.78 is 10.6. The lowest BCUT2D eigenvalue weighted by Gasteiger charge is -2.32. The van der Waals surface area contributed by atoms with Crippen molar-refractivity contribution in [1.82, 2.24) is 4.90 Å². The molecule has 3 rings (SSSR count). The van der Waals surface area contributed by atoms with Gasteiger partial charge < -0.3 is 24.3 Å². The van der Waals surface area contributed by atoms with Gasteiger partial charge in [0.2, 0.25) is 0 Å². The highest BCUT2D eigenvalue weighted by Crippen LogP contribution is 2.37. The van der Waals surface area contributed by atoms with Crippen LogP contribution in [0.2, 0.25) is 0 Å². The number of benzene rings is 1. The topological polar surface area (TPSA) is 76.1 Å².